The van der Waals surface area contributed by atoms with Gasteiger partial charge in [-0.25, -0.2) is 4.39 Å². The Labute approximate surface area is 101 Å². The van der Waals surface area contributed by atoms with Crippen LogP contribution in [0.1, 0.15) is 0 Å². The van der Waals surface area contributed by atoms with Crippen LogP contribution in [0.4, 0.5) is 10.1 Å². The minimum absolute atomic E-state index is 0.0449. The summed E-state index contributed by atoms with van der Waals surface area (Å²) < 4.78 is 18.3. The van der Waals surface area contributed by atoms with Gasteiger partial charge in [-0.1, -0.05) is 0 Å². The molecule has 1 rings (SSSR count). The summed E-state index contributed by atoms with van der Waals surface area (Å²) in [5.41, 5.74) is -0.379. The number of hydrogen-bond acceptors (Lipinski definition) is 4. The van der Waals surface area contributed by atoms with Crippen LogP contribution in [0.25, 0.3) is 0 Å². The van der Waals surface area contributed by atoms with Crippen LogP contribution in [-0.2, 0) is 0 Å². The maximum atomic E-state index is 13.4. The molecule has 16 heavy (non-hydrogen) atoms. The number of hydrogen-bond donors (Lipinski definition) is 0. The van der Waals surface area contributed by atoms with E-state index in [4.69, 9.17) is 16.3 Å². The van der Waals surface area contributed by atoms with Crippen LogP contribution < -0.4 is 4.74 Å². The summed E-state index contributed by atoms with van der Waals surface area (Å²) in [5.74, 6) is 0.314. The number of ether oxygens (including phenoxy) is 1. The van der Waals surface area contributed by atoms with E-state index in [0.29, 0.717) is 16.5 Å². The smallest absolute Gasteiger partial charge is 0.313 e. The second-order valence-electron chi connectivity index (χ2n) is 2.75. The molecule has 0 saturated heterocycles. The third kappa shape index (κ3) is 2.99. The minimum atomic E-state index is -0.683. The van der Waals surface area contributed by atoms with Gasteiger partial charge in [0.1, 0.15) is 5.82 Å². The standard InChI is InChI=1S/C9H9ClFNO3S/c1-15-8-5-9(16-3-2-10)6(11)4-7(8)12(13)14/h4-5H,2-3H2,1H3. The van der Waals surface area contributed by atoms with E-state index in [-0.39, 0.29) is 11.4 Å². The highest BCUT2D eigenvalue weighted by molar-refractivity contribution is 7.99. The van der Waals surface area contributed by atoms with Gasteiger partial charge in [0.05, 0.1) is 18.1 Å². The van der Waals surface area contributed by atoms with Crippen molar-refractivity contribution >= 4 is 29.1 Å². The fourth-order valence-electron chi connectivity index (χ4n) is 1.09. The lowest BCUT2D eigenvalue weighted by molar-refractivity contribution is -0.386. The maximum Gasteiger partial charge on any atom is 0.313 e. The molecule has 1 aromatic rings. The summed E-state index contributed by atoms with van der Waals surface area (Å²) in [7, 11) is 1.30. The van der Waals surface area contributed by atoms with Gasteiger partial charge in [0.25, 0.3) is 0 Å². The number of alkyl halides is 1. The average Bonchev–Trinajstić information content (AvgIpc) is 2.26. The van der Waals surface area contributed by atoms with Crippen LogP contribution in [0.2, 0.25) is 0 Å². The summed E-state index contributed by atoms with van der Waals surface area (Å²) in [4.78, 5) is 10.2. The van der Waals surface area contributed by atoms with Crippen molar-refractivity contribution < 1.29 is 14.1 Å². The minimum Gasteiger partial charge on any atom is -0.490 e. The number of nitrogens with zero attached hydrogens (tertiary/aromatic N) is 1. The van der Waals surface area contributed by atoms with Crippen molar-refractivity contribution in [1.29, 1.82) is 0 Å². The highest BCUT2D eigenvalue weighted by Crippen LogP contribution is 2.34. The Morgan fingerprint density at radius 3 is 2.81 bits per heavy atom. The fraction of sp³-hybridized carbons (Fsp3) is 0.333. The first-order chi connectivity index (χ1) is 7.60. The summed E-state index contributed by atoms with van der Waals surface area (Å²) in [6.07, 6.45) is 0. The van der Waals surface area contributed by atoms with Crippen molar-refractivity contribution in [1.82, 2.24) is 0 Å². The molecule has 0 aliphatic carbocycles. The Morgan fingerprint density at radius 2 is 2.31 bits per heavy atom. The zero-order chi connectivity index (χ0) is 12.1. The van der Waals surface area contributed by atoms with Gasteiger partial charge in [-0.3, -0.25) is 10.1 Å². The van der Waals surface area contributed by atoms with E-state index in [2.05, 4.69) is 0 Å². The molecule has 4 nitrogen and oxygen atoms in total. The molecule has 0 atom stereocenters. The first kappa shape index (κ1) is 13.1. The molecule has 0 unspecified atom stereocenters. The van der Waals surface area contributed by atoms with Gasteiger partial charge >= 0.3 is 5.69 Å². The third-order valence-corrected chi connectivity index (χ3v) is 3.21. The van der Waals surface area contributed by atoms with Crippen LogP contribution in [0.3, 0.4) is 0 Å². The van der Waals surface area contributed by atoms with E-state index >= 15 is 0 Å². The summed E-state index contributed by atoms with van der Waals surface area (Å²) in [5, 5.41) is 10.6. The monoisotopic (exact) mass is 265 g/mol. The zero-order valence-corrected chi connectivity index (χ0v) is 9.98. The van der Waals surface area contributed by atoms with E-state index in [0.717, 1.165) is 6.07 Å². The predicted octanol–water partition coefficient (Wildman–Crippen LogP) is 3.07. The Kier molecular flexibility index (Phi) is 4.82. The SMILES string of the molecule is COc1cc(SCCCl)c(F)cc1[N+](=O)[O-]. The predicted molar refractivity (Wildman–Crippen MR) is 61.1 cm³/mol. The molecule has 7 heteroatoms. The second-order valence-corrected chi connectivity index (χ2v) is 4.26. The largest absolute Gasteiger partial charge is 0.490 e. The highest BCUT2D eigenvalue weighted by Gasteiger charge is 2.19. The molecule has 0 radical (unpaired) electrons. The van der Waals surface area contributed by atoms with Crippen LogP contribution in [0, 0.1) is 15.9 Å². The van der Waals surface area contributed by atoms with Crippen molar-refractivity contribution in [3.63, 3.8) is 0 Å². The van der Waals surface area contributed by atoms with Crippen molar-refractivity contribution in [2.45, 2.75) is 4.90 Å². The molecule has 0 spiro atoms. The number of methoxy groups -OCH3 is 1. The van der Waals surface area contributed by atoms with E-state index < -0.39 is 10.7 Å². The highest BCUT2D eigenvalue weighted by atomic mass is 35.5. The molecule has 0 aliphatic rings. The lowest BCUT2D eigenvalue weighted by atomic mass is 10.3. The summed E-state index contributed by atoms with van der Waals surface area (Å²) >= 11 is 6.66. The van der Waals surface area contributed by atoms with Crippen molar-refractivity contribution in [2.24, 2.45) is 0 Å². The molecule has 0 aliphatic heterocycles. The van der Waals surface area contributed by atoms with Gasteiger partial charge in [0, 0.05) is 22.6 Å². The fourth-order valence-corrected chi connectivity index (χ4v) is 2.01. The molecule has 0 aromatic heterocycles. The molecule has 0 N–H and O–H groups in total. The summed E-state index contributed by atoms with van der Waals surface area (Å²) in [6, 6.07) is 2.17. The van der Waals surface area contributed by atoms with Gasteiger partial charge < -0.3 is 4.74 Å². The Hall–Kier alpha value is -1.01. The van der Waals surface area contributed by atoms with Gasteiger partial charge in [-0.05, 0) is 0 Å². The first-order valence-corrected chi connectivity index (χ1v) is 5.82. The van der Waals surface area contributed by atoms with Gasteiger partial charge in [0.15, 0.2) is 5.75 Å². The number of nitro benzene ring substituents is 1. The second kappa shape index (κ2) is 5.91. The molecule has 0 bridgehead atoms. The van der Waals surface area contributed by atoms with Crippen LogP contribution in [-0.4, -0.2) is 23.7 Å². The van der Waals surface area contributed by atoms with Gasteiger partial charge in [-0.2, -0.15) is 0 Å². The molecule has 0 heterocycles. The van der Waals surface area contributed by atoms with Crippen LogP contribution >= 0.6 is 23.4 Å². The zero-order valence-electron chi connectivity index (χ0n) is 8.41. The Morgan fingerprint density at radius 1 is 1.62 bits per heavy atom. The number of benzene rings is 1. The lowest BCUT2D eigenvalue weighted by Gasteiger charge is -2.05. The van der Waals surface area contributed by atoms with Crippen molar-refractivity contribution in [3.05, 3.63) is 28.1 Å². The van der Waals surface area contributed by atoms with Gasteiger partial charge in [-0.15, -0.1) is 23.4 Å². The first-order valence-electron chi connectivity index (χ1n) is 4.30. The maximum absolute atomic E-state index is 13.4. The Bertz CT molecular complexity index is 403. The number of halogens is 2. The number of rotatable bonds is 5. The molecule has 0 saturated carbocycles. The number of thioether (sulfide) groups is 1. The van der Waals surface area contributed by atoms with E-state index in [1.54, 1.807) is 0 Å². The normalized spacial score (nSPS) is 10.2. The van der Waals surface area contributed by atoms with Crippen molar-refractivity contribution in [3.8, 4) is 5.75 Å². The molecular formula is C9H9ClFNO3S. The van der Waals surface area contributed by atoms with Crippen LogP contribution in [0.5, 0.6) is 5.75 Å². The topological polar surface area (TPSA) is 52.4 Å². The average molecular weight is 266 g/mol. The quantitative estimate of drug-likeness (QED) is 0.355. The van der Waals surface area contributed by atoms with E-state index in [9.17, 15) is 14.5 Å². The summed E-state index contributed by atoms with van der Waals surface area (Å²) in [6.45, 7) is 0. The third-order valence-electron chi connectivity index (χ3n) is 1.76. The molecule has 0 amide bonds. The van der Waals surface area contributed by atoms with E-state index in [1.165, 1.54) is 24.9 Å². The van der Waals surface area contributed by atoms with E-state index in [1.807, 2.05) is 0 Å². The molecular weight excluding hydrogens is 257 g/mol. The van der Waals surface area contributed by atoms with Gasteiger partial charge in [0.2, 0.25) is 0 Å². The molecule has 88 valence electrons. The molecule has 1 aromatic carbocycles. The lowest BCUT2D eigenvalue weighted by Crippen LogP contribution is -1.96. The van der Waals surface area contributed by atoms with Crippen LogP contribution in [0.15, 0.2) is 17.0 Å². The molecule has 0 fully saturated rings. The number of nitro groups is 1. The van der Waals surface area contributed by atoms with Crippen molar-refractivity contribution in [2.75, 3.05) is 18.7 Å². The Balaban J connectivity index is 3.10.